The summed E-state index contributed by atoms with van der Waals surface area (Å²) in [7, 11) is 0. The van der Waals surface area contributed by atoms with Crippen molar-refractivity contribution in [2.24, 2.45) is 0 Å². The molecule has 3 nitrogen and oxygen atoms in total. The predicted molar refractivity (Wildman–Crippen MR) is 81.5 cm³/mol. The van der Waals surface area contributed by atoms with E-state index >= 15 is 0 Å². The van der Waals surface area contributed by atoms with Crippen molar-refractivity contribution >= 4 is 21.6 Å². The number of aliphatic hydroxyl groups is 1. The van der Waals surface area contributed by atoms with Gasteiger partial charge in [0, 0.05) is 41.4 Å². The second kappa shape index (κ2) is 5.81. The smallest absolute Gasteiger partial charge is 0.0702 e. The number of benzene rings is 1. The van der Waals surface area contributed by atoms with Crippen molar-refractivity contribution < 1.29 is 5.11 Å². The van der Waals surface area contributed by atoms with Gasteiger partial charge < -0.3 is 10.0 Å². The summed E-state index contributed by atoms with van der Waals surface area (Å²) in [5, 5.41) is 9.57. The van der Waals surface area contributed by atoms with Gasteiger partial charge >= 0.3 is 0 Å². The summed E-state index contributed by atoms with van der Waals surface area (Å²) < 4.78 is 1.04. The lowest BCUT2D eigenvalue weighted by Gasteiger charge is -2.28. The number of nitrogens with zero attached hydrogens (tertiary/aromatic N) is 2. The van der Waals surface area contributed by atoms with E-state index in [1.54, 1.807) is 0 Å². The Morgan fingerprint density at radius 1 is 1.21 bits per heavy atom. The Morgan fingerprint density at radius 3 is 2.89 bits per heavy atom. The van der Waals surface area contributed by atoms with Crippen LogP contribution in [-0.2, 0) is 6.61 Å². The van der Waals surface area contributed by atoms with Crippen LogP contribution in [0.4, 0.5) is 5.69 Å². The maximum atomic E-state index is 9.57. The lowest BCUT2D eigenvalue weighted by molar-refractivity contribution is 0.272. The monoisotopic (exact) mass is 324 g/mol. The van der Waals surface area contributed by atoms with Gasteiger partial charge in [-0.3, -0.25) is 4.90 Å². The minimum absolute atomic E-state index is 0.111. The van der Waals surface area contributed by atoms with Crippen molar-refractivity contribution in [2.45, 2.75) is 31.9 Å². The van der Waals surface area contributed by atoms with Crippen LogP contribution in [0.25, 0.3) is 0 Å². The van der Waals surface area contributed by atoms with Gasteiger partial charge in [0.15, 0.2) is 0 Å². The van der Waals surface area contributed by atoms with E-state index in [2.05, 4.69) is 37.9 Å². The van der Waals surface area contributed by atoms with Crippen molar-refractivity contribution in [3.05, 3.63) is 28.2 Å². The van der Waals surface area contributed by atoms with Gasteiger partial charge in [-0.1, -0.05) is 15.9 Å². The highest BCUT2D eigenvalue weighted by atomic mass is 79.9. The minimum Gasteiger partial charge on any atom is -0.392 e. The molecule has 1 aromatic rings. The lowest BCUT2D eigenvalue weighted by atomic mass is 10.1. The van der Waals surface area contributed by atoms with E-state index in [-0.39, 0.29) is 6.61 Å². The second-order valence-corrected chi connectivity index (χ2v) is 6.48. The fourth-order valence-electron chi connectivity index (χ4n) is 3.41. The molecule has 2 saturated heterocycles. The Kier molecular flexibility index (Phi) is 4.10. The molecule has 2 aliphatic rings. The molecular weight excluding hydrogens is 304 g/mol. The van der Waals surface area contributed by atoms with Gasteiger partial charge in [0.05, 0.1) is 6.61 Å². The summed E-state index contributed by atoms with van der Waals surface area (Å²) in [6.07, 6.45) is 3.88. The number of fused-ring (bicyclic) bond motifs is 1. The highest BCUT2D eigenvalue weighted by Crippen LogP contribution is 2.29. The van der Waals surface area contributed by atoms with E-state index < -0.39 is 0 Å². The summed E-state index contributed by atoms with van der Waals surface area (Å²) >= 11 is 3.48. The van der Waals surface area contributed by atoms with Crippen LogP contribution in [0, 0.1) is 0 Å². The molecule has 1 N–H and O–H groups in total. The number of hydrogen-bond donors (Lipinski definition) is 1. The van der Waals surface area contributed by atoms with Crippen LogP contribution in [0.1, 0.15) is 24.8 Å². The molecule has 2 heterocycles. The zero-order valence-electron chi connectivity index (χ0n) is 11.2. The number of aliphatic hydroxyl groups excluding tert-OH is 1. The third kappa shape index (κ3) is 2.81. The fraction of sp³-hybridized carbons (Fsp3) is 0.600. The molecule has 3 rings (SSSR count). The standard InChI is InChI=1S/C15H21BrN2O/c16-13-4-5-15(12(9-13)11-19)18-8-2-7-17-6-1-3-14(17)10-18/h4-5,9,14,19H,1-3,6-8,10-11H2. The largest absolute Gasteiger partial charge is 0.392 e. The lowest BCUT2D eigenvalue weighted by Crippen LogP contribution is -2.37. The molecule has 0 saturated carbocycles. The maximum absolute atomic E-state index is 9.57. The van der Waals surface area contributed by atoms with E-state index in [1.165, 1.54) is 38.0 Å². The van der Waals surface area contributed by atoms with Crippen LogP contribution >= 0.6 is 15.9 Å². The first-order chi connectivity index (χ1) is 9.28. The zero-order chi connectivity index (χ0) is 13.2. The van der Waals surface area contributed by atoms with E-state index in [9.17, 15) is 5.11 Å². The summed E-state index contributed by atoms with van der Waals surface area (Å²) in [4.78, 5) is 5.10. The van der Waals surface area contributed by atoms with Gasteiger partial charge in [-0.05, 0) is 44.0 Å². The molecule has 2 fully saturated rings. The summed E-state index contributed by atoms with van der Waals surface area (Å²) in [5.41, 5.74) is 2.24. The average molecular weight is 325 g/mol. The van der Waals surface area contributed by atoms with Crippen molar-refractivity contribution in [2.75, 3.05) is 31.1 Å². The molecule has 0 spiro atoms. The van der Waals surface area contributed by atoms with E-state index in [0.29, 0.717) is 6.04 Å². The third-order valence-corrected chi connectivity index (χ3v) is 4.85. The van der Waals surface area contributed by atoms with Gasteiger partial charge in [-0.15, -0.1) is 0 Å². The molecule has 2 aliphatic heterocycles. The van der Waals surface area contributed by atoms with Crippen LogP contribution < -0.4 is 4.90 Å². The van der Waals surface area contributed by atoms with Crippen molar-refractivity contribution in [3.8, 4) is 0 Å². The van der Waals surface area contributed by atoms with Gasteiger partial charge in [-0.25, -0.2) is 0 Å². The van der Waals surface area contributed by atoms with Crippen molar-refractivity contribution in [1.82, 2.24) is 4.90 Å². The van der Waals surface area contributed by atoms with Crippen LogP contribution in [0.2, 0.25) is 0 Å². The number of anilines is 1. The van der Waals surface area contributed by atoms with Gasteiger partial charge in [0.1, 0.15) is 0 Å². The zero-order valence-corrected chi connectivity index (χ0v) is 12.8. The Bertz CT molecular complexity index is 452. The topological polar surface area (TPSA) is 26.7 Å². The van der Waals surface area contributed by atoms with Crippen molar-refractivity contribution in [3.63, 3.8) is 0 Å². The molecule has 0 amide bonds. The second-order valence-electron chi connectivity index (χ2n) is 5.56. The molecule has 0 radical (unpaired) electrons. The van der Waals surface area contributed by atoms with Crippen LogP contribution in [0.5, 0.6) is 0 Å². The first-order valence-corrected chi connectivity index (χ1v) is 7.95. The minimum atomic E-state index is 0.111. The Labute approximate surface area is 123 Å². The Morgan fingerprint density at radius 2 is 2.05 bits per heavy atom. The van der Waals surface area contributed by atoms with Crippen LogP contribution in [-0.4, -0.2) is 42.2 Å². The molecule has 0 aromatic heterocycles. The first-order valence-electron chi connectivity index (χ1n) is 7.16. The molecule has 1 aromatic carbocycles. The Hall–Kier alpha value is -0.580. The van der Waals surface area contributed by atoms with Gasteiger partial charge in [-0.2, -0.15) is 0 Å². The maximum Gasteiger partial charge on any atom is 0.0702 e. The van der Waals surface area contributed by atoms with E-state index in [4.69, 9.17) is 0 Å². The predicted octanol–water partition coefficient (Wildman–Crippen LogP) is 2.62. The molecular formula is C15H21BrN2O. The highest BCUT2D eigenvalue weighted by Gasteiger charge is 2.29. The van der Waals surface area contributed by atoms with E-state index in [0.717, 1.165) is 23.1 Å². The highest BCUT2D eigenvalue weighted by molar-refractivity contribution is 9.10. The SMILES string of the molecule is OCc1cc(Br)ccc1N1CCCN2CCCC2C1. The van der Waals surface area contributed by atoms with Crippen molar-refractivity contribution in [1.29, 1.82) is 0 Å². The Balaban J connectivity index is 1.84. The molecule has 4 heteroatoms. The molecule has 104 valence electrons. The summed E-state index contributed by atoms with van der Waals surface area (Å²) in [6.45, 7) is 4.81. The fourth-order valence-corrected chi connectivity index (χ4v) is 3.82. The molecule has 19 heavy (non-hydrogen) atoms. The third-order valence-electron chi connectivity index (χ3n) is 4.36. The number of hydrogen-bond acceptors (Lipinski definition) is 3. The molecule has 0 bridgehead atoms. The molecule has 0 aliphatic carbocycles. The quantitative estimate of drug-likeness (QED) is 0.905. The summed E-state index contributed by atoms with van der Waals surface area (Å²) in [5.74, 6) is 0. The number of halogens is 1. The number of rotatable bonds is 2. The molecule has 1 atom stereocenters. The van der Waals surface area contributed by atoms with Gasteiger partial charge in [0.25, 0.3) is 0 Å². The average Bonchev–Trinajstić information content (AvgIpc) is 2.76. The first kappa shape index (κ1) is 13.4. The summed E-state index contributed by atoms with van der Waals surface area (Å²) in [6, 6.07) is 6.95. The normalized spacial score (nSPS) is 24.3. The van der Waals surface area contributed by atoms with Gasteiger partial charge in [0.2, 0.25) is 0 Å². The van der Waals surface area contributed by atoms with Crippen LogP contribution in [0.3, 0.4) is 0 Å². The van der Waals surface area contributed by atoms with E-state index in [1.807, 2.05) is 6.07 Å². The molecule has 1 unspecified atom stereocenters. The van der Waals surface area contributed by atoms with Crippen LogP contribution in [0.15, 0.2) is 22.7 Å².